The lowest BCUT2D eigenvalue weighted by Gasteiger charge is -2.09. The molecule has 0 radical (unpaired) electrons. The first-order valence-electron chi connectivity index (χ1n) is 4.62. The maximum atomic E-state index is 8.78. The van der Waals surface area contributed by atoms with Gasteiger partial charge in [-0.2, -0.15) is 0 Å². The van der Waals surface area contributed by atoms with Crippen LogP contribution in [0.5, 0.6) is 0 Å². The Labute approximate surface area is 93.7 Å². The van der Waals surface area contributed by atoms with Crippen molar-refractivity contribution in [1.82, 2.24) is 0 Å². The summed E-state index contributed by atoms with van der Waals surface area (Å²) in [5.74, 6) is 0. The number of amides is 1. The Balaban J connectivity index is 0.000000487. The average molecular weight is 227 g/mol. The molecule has 1 aromatic carbocycles. The van der Waals surface area contributed by atoms with Crippen molar-refractivity contribution in [3.63, 3.8) is 0 Å². The molecule has 0 spiro atoms. The SMILES string of the molecule is Cc1ccc(N)c(CCO)c1N.NC(=O)O. The second-order valence-electron chi connectivity index (χ2n) is 3.18. The predicted molar refractivity (Wildman–Crippen MR) is 63.0 cm³/mol. The normalized spacial score (nSPS) is 9.12. The Morgan fingerprint density at radius 1 is 1.38 bits per heavy atom. The first kappa shape index (κ1) is 14.1. The summed E-state index contributed by atoms with van der Waals surface area (Å²) in [6.07, 6.45) is -0.806. The minimum atomic E-state index is -1.33. The molecular formula is C10H17N3O3. The molecule has 0 unspecified atom stereocenters. The largest absolute Gasteiger partial charge is 0.465 e. The number of carboxylic acid groups (broad SMARTS) is 1. The van der Waals surface area contributed by atoms with E-state index in [0.29, 0.717) is 17.8 Å². The van der Waals surface area contributed by atoms with Crippen molar-refractivity contribution in [2.45, 2.75) is 13.3 Å². The summed E-state index contributed by atoms with van der Waals surface area (Å²) in [5.41, 5.74) is 18.7. The molecule has 0 heterocycles. The van der Waals surface area contributed by atoms with Gasteiger partial charge in [0.15, 0.2) is 0 Å². The summed E-state index contributed by atoms with van der Waals surface area (Å²) in [7, 11) is 0. The number of anilines is 2. The van der Waals surface area contributed by atoms with E-state index in [1.807, 2.05) is 19.1 Å². The highest BCUT2D eigenvalue weighted by molar-refractivity contribution is 5.65. The Hall–Kier alpha value is -1.95. The van der Waals surface area contributed by atoms with Crippen LogP contribution >= 0.6 is 0 Å². The lowest BCUT2D eigenvalue weighted by Crippen LogP contribution is -2.04. The van der Waals surface area contributed by atoms with Crippen molar-refractivity contribution in [2.75, 3.05) is 18.1 Å². The number of aliphatic hydroxyl groups excluding tert-OH is 1. The molecule has 0 bridgehead atoms. The van der Waals surface area contributed by atoms with Gasteiger partial charge >= 0.3 is 6.09 Å². The van der Waals surface area contributed by atoms with Gasteiger partial charge in [0.2, 0.25) is 0 Å². The molecule has 0 aliphatic carbocycles. The molecule has 6 nitrogen and oxygen atoms in total. The highest BCUT2D eigenvalue weighted by Gasteiger charge is 2.04. The fourth-order valence-electron chi connectivity index (χ4n) is 1.19. The van der Waals surface area contributed by atoms with E-state index in [4.69, 9.17) is 26.5 Å². The molecule has 16 heavy (non-hydrogen) atoms. The minimum absolute atomic E-state index is 0.0812. The Morgan fingerprint density at radius 2 is 1.88 bits per heavy atom. The van der Waals surface area contributed by atoms with E-state index in [2.05, 4.69) is 5.73 Å². The Bertz CT molecular complexity index is 363. The predicted octanol–water partition coefficient (Wildman–Crippen LogP) is 0.317. The topological polar surface area (TPSA) is 136 Å². The zero-order chi connectivity index (χ0) is 12.7. The van der Waals surface area contributed by atoms with Gasteiger partial charge in [-0.3, -0.25) is 0 Å². The van der Waals surface area contributed by atoms with Gasteiger partial charge < -0.3 is 27.4 Å². The van der Waals surface area contributed by atoms with E-state index in [9.17, 15) is 0 Å². The van der Waals surface area contributed by atoms with Crippen molar-refractivity contribution >= 4 is 17.5 Å². The third kappa shape index (κ3) is 4.52. The monoisotopic (exact) mass is 227 g/mol. The quantitative estimate of drug-likeness (QED) is 0.463. The summed E-state index contributed by atoms with van der Waals surface area (Å²) in [6, 6.07) is 3.70. The van der Waals surface area contributed by atoms with Crippen LogP contribution in [0.25, 0.3) is 0 Å². The van der Waals surface area contributed by atoms with Crippen LogP contribution in [0.4, 0.5) is 16.2 Å². The third-order valence-electron chi connectivity index (χ3n) is 1.97. The molecule has 90 valence electrons. The fourth-order valence-corrected chi connectivity index (χ4v) is 1.19. The van der Waals surface area contributed by atoms with E-state index >= 15 is 0 Å². The molecule has 0 aromatic heterocycles. The lowest BCUT2D eigenvalue weighted by atomic mass is 10.0. The van der Waals surface area contributed by atoms with Gasteiger partial charge in [0.05, 0.1) is 0 Å². The molecule has 0 aliphatic rings. The summed E-state index contributed by atoms with van der Waals surface area (Å²) in [5, 5.41) is 15.9. The van der Waals surface area contributed by atoms with E-state index in [1.54, 1.807) is 0 Å². The second kappa shape index (κ2) is 6.52. The first-order chi connectivity index (χ1) is 7.40. The van der Waals surface area contributed by atoms with Crippen LogP contribution in [-0.2, 0) is 6.42 Å². The number of primary amides is 1. The number of nitrogens with two attached hydrogens (primary N) is 3. The zero-order valence-electron chi connectivity index (χ0n) is 9.10. The molecule has 1 rings (SSSR count). The molecule has 0 saturated carbocycles. The van der Waals surface area contributed by atoms with Gasteiger partial charge in [-0.05, 0) is 25.0 Å². The van der Waals surface area contributed by atoms with Gasteiger partial charge in [0.25, 0.3) is 0 Å². The fraction of sp³-hybridized carbons (Fsp3) is 0.300. The molecule has 0 saturated heterocycles. The van der Waals surface area contributed by atoms with Crippen LogP contribution in [0.2, 0.25) is 0 Å². The summed E-state index contributed by atoms with van der Waals surface area (Å²) < 4.78 is 0. The lowest BCUT2D eigenvalue weighted by molar-refractivity contribution is 0.205. The molecule has 0 aliphatic heterocycles. The highest BCUT2D eigenvalue weighted by atomic mass is 16.4. The number of benzene rings is 1. The van der Waals surface area contributed by atoms with Crippen LogP contribution in [0, 0.1) is 6.92 Å². The molecule has 0 fully saturated rings. The van der Waals surface area contributed by atoms with Crippen molar-refractivity contribution in [2.24, 2.45) is 5.73 Å². The molecule has 1 amide bonds. The number of rotatable bonds is 2. The van der Waals surface area contributed by atoms with Crippen LogP contribution in [0.1, 0.15) is 11.1 Å². The molecule has 0 atom stereocenters. The van der Waals surface area contributed by atoms with E-state index in [1.165, 1.54) is 0 Å². The molecular weight excluding hydrogens is 210 g/mol. The zero-order valence-corrected chi connectivity index (χ0v) is 9.10. The average Bonchev–Trinajstić information content (AvgIpc) is 2.18. The molecule has 6 heteroatoms. The highest BCUT2D eigenvalue weighted by Crippen LogP contribution is 2.23. The standard InChI is InChI=1S/C9H14N2O.CH3NO2/c1-6-2-3-8(10)7(4-5-12)9(6)11;2-1(3)4/h2-3,12H,4-5,10-11H2,1H3;2H2,(H,3,4). The number of hydrogen-bond donors (Lipinski definition) is 5. The van der Waals surface area contributed by atoms with Gasteiger partial charge in [-0.25, -0.2) is 4.79 Å². The number of aliphatic hydroxyl groups is 1. The van der Waals surface area contributed by atoms with Gasteiger partial charge in [-0.15, -0.1) is 0 Å². The van der Waals surface area contributed by atoms with Crippen molar-refractivity contribution in [3.8, 4) is 0 Å². The van der Waals surface area contributed by atoms with Gasteiger partial charge in [0.1, 0.15) is 0 Å². The Morgan fingerprint density at radius 3 is 2.31 bits per heavy atom. The number of hydrogen-bond acceptors (Lipinski definition) is 4. The maximum Gasteiger partial charge on any atom is 0.402 e. The van der Waals surface area contributed by atoms with Gasteiger partial charge in [-0.1, -0.05) is 6.07 Å². The van der Waals surface area contributed by atoms with Crippen LogP contribution < -0.4 is 17.2 Å². The van der Waals surface area contributed by atoms with E-state index in [0.717, 1.165) is 11.1 Å². The van der Waals surface area contributed by atoms with Crippen LogP contribution in [-0.4, -0.2) is 22.9 Å². The third-order valence-corrected chi connectivity index (χ3v) is 1.97. The Kier molecular flexibility index (Phi) is 5.72. The summed E-state index contributed by atoms with van der Waals surface area (Å²) in [4.78, 5) is 8.78. The maximum absolute atomic E-state index is 8.78. The summed E-state index contributed by atoms with van der Waals surface area (Å²) in [6.45, 7) is 2.01. The minimum Gasteiger partial charge on any atom is -0.465 e. The number of aryl methyl sites for hydroxylation is 1. The molecule has 8 N–H and O–H groups in total. The van der Waals surface area contributed by atoms with Gasteiger partial charge in [0, 0.05) is 23.5 Å². The summed E-state index contributed by atoms with van der Waals surface area (Å²) >= 11 is 0. The first-order valence-corrected chi connectivity index (χ1v) is 4.62. The molecule has 1 aromatic rings. The van der Waals surface area contributed by atoms with Crippen molar-refractivity contribution in [1.29, 1.82) is 0 Å². The van der Waals surface area contributed by atoms with Crippen molar-refractivity contribution < 1.29 is 15.0 Å². The second-order valence-corrected chi connectivity index (χ2v) is 3.18. The van der Waals surface area contributed by atoms with Crippen LogP contribution in [0.3, 0.4) is 0 Å². The van der Waals surface area contributed by atoms with Crippen LogP contribution in [0.15, 0.2) is 12.1 Å². The smallest absolute Gasteiger partial charge is 0.402 e. The number of carbonyl (C=O) groups is 1. The van der Waals surface area contributed by atoms with E-state index < -0.39 is 6.09 Å². The van der Waals surface area contributed by atoms with Crippen molar-refractivity contribution in [3.05, 3.63) is 23.3 Å². The van der Waals surface area contributed by atoms with E-state index in [-0.39, 0.29) is 6.61 Å². The number of nitrogen functional groups attached to an aromatic ring is 2.